The highest BCUT2D eigenvalue weighted by Gasteiger charge is 2.35. The lowest BCUT2D eigenvalue weighted by Crippen LogP contribution is -2.50. The molecular formula is C20H18ClF4N3O2. The van der Waals surface area contributed by atoms with Crippen LogP contribution in [0.2, 0.25) is 5.02 Å². The highest BCUT2D eigenvalue weighted by molar-refractivity contribution is 6.34. The molecule has 0 atom stereocenters. The van der Waals surface area contributed by atoms with Crippen molar-refractivity contribution in [2.45, 2.75) is 6.18 Å². The molecule has 0 saturated carbocycles. The number of halogens is 5. The van der Waals surface area contributed by atoms with Crippen molar-refractivity contribution in [2.75, 3.05) is 38.0 Å². The van der Waals surface area contributed by atoms with Crippen molar-refractivity contribution in [3.8, 4) is 0 Å². The second-order valence-corrected chi connectivity index (χ2v) is 7.19. The summed E-state index contributed by atoms with van der Waals surface area (Å²) in [6.07, 6.45) is -4.65. The number of rotatable bonds is 4. The first-order chi connectivity index (χ1) is 14.1. The Morgan fingerprint density at radius 2 is 1.63 bits per heavy atom. The van der Waals surface area contributed by atoms with E-state index >= 15 is 0 Å². The van der Waals surface area contributed by atoms with Gasteiger partial charge in [0.05, 0.1) is 22.8 Å². The summed E-state index contributed by atoms with van der Waals surface area (Å²) < 4.78 is 52.4. The molecule has 0 aromatic heterocycles. The summed E-state index contributed by atoms with van der Waals surface area (Å²) in [5.41, 5.74) is -1.12. The third-order valence-corrected chi connectivity index (χ3v) is 5.02. The molecule has 0 radical (unpaired) electrons. The van der Waals surface area contributed by atoms with Crippen LogP contribution in [-0.4, -0.2) is 54.3 Å². The van der Waals surface area contributed by atoms with Gasteiger partial charge >= 0.3 is 6.18 Å². The Hall–Kier alpha value is -2.65. The Balaban J connectivity index is 1.56. The SMILES string of the molecule is O=C(CN1CCN(C(=O)c2ccc(F)cc2)CC1)Nc1c(Cl)cccc1C(F)(F)F. The summed E-state index contributed by atoms with van der Waals surface area (Å²) in [5.74, 6) is -1.31. The molecule has 1 N–H and O–H groups in total. The fraction of sp³-hybridized carbons (Fsp3) is 0.300. The Kier molecular flexibility index (Phi) is 6.62. The van der Waals surface area contributed by atoms with Crippen LogP contribution in [0.4, 0.5) is 23.2 Å². The molecule has 30 heavy (non-hydrogen) atoms. The van der Waals surface area contributed by atoms with Gasteiger partial charge in [-0.2, -0.15) is 13.2 Å². The first-order valence-electron chi connectivity index (χ1n) is 9.08. The van der Waals surface area contributed by atoms with Crippen LogP contribution >= 0.6 is 11.6 Å². The van der Waals surface area contributed by atoms with Gasteiger partial charge in [0, 0.05) is 31.7 Å². The third kappa shape index (κ3) is 5.28. The van der Waals surface area contributed by atoms with Gasteiger partial charge in [-0.15, -0.1) is 0 Å². The minimum Gasteiger partial charge on any atom is -0.336 e. The maximum absolute atomic E-state index is 13.1. The molecule has 2 amide bonds. The van der Waals surface area contributed by atoms with Crippen LogP contribution in [0, 0.1) is 5.82 Å². The molecule has 10 heteroatoms. The molecule has 0 bridgehead atoms. The predicted octanol–water partition coefficient (Wildman–Crippen LogP) is 3.89. The van der Waals surface area contributed by atoms with Gasteiger partial charge in [-0.3, -0.25) is 14.5 Å². The molecule has 1 aliphatic rings. The van der Waals surface area contributed by atoms with Crippen molar-refractivity contribution in [1.29, 1.82) is 0 Å². The number of amides is 2. The highest BCUT2D eigenvalue weighted by atomic mass is 35.5. The van der Waals surface area contributed by atoms with Crippen molar-refractivity contribution in [2.24, 2.45) is 0 Å². The number of piperazine rings is 1. The largest absolute Gasteiger partial charge is 0.418 e. The standard InChI is InChI=1S/C20H18ClF4N3O2/c21-16-3-1-2-15(20(23,24)25)18(16)26-17(29)12-27-8-10-28(11-9-27)19(30)13-4-6-14(22)7-5-13/h1-7H,8-12H2,(H,26,29). The van der Waals surface area contributed by atoms with Gasteiger partial charge in [0.25, 0.3) is 5.91 Å². The molecule has 0 spiro atoms. The molecular weight excluding hydrogens is 426 g/mol. The van der Waals surface area contributed by atoms with E-state index in [0.717, 1.165) is 12.1 Å². The number of nitrogens with zero attached hydrogens (tertiary/aromatic N) is 2. The van der Waals surface area contributed by atoms with Gasteiger partial charge in [0.15, 0.2) is 0 Å². The lowest BCUT2D eigenvalue weighted by molar-refractivity contribution is -0.137. The van der Waals surface area contributed by atoms with Gasteiger partial charge < -0.3 is 10.2 Å². The van der Waals surface area contributed by atoms with E-state index in [9.17, 15) is 27.2 Å². The van der Waals surface area contributed by atoms with Crippen molar-refractivity contribution < 1.29 is 27.2 Å². The number of alkyl halides is 3. The zero-order valence-electron chi connectivity index (χ0n) is 15.7. The minimum atomic E-state index is -4.65. The molecule has 5 nitrogen and oxygen atoms in total. The van der Waals surface area contributed by atoms with Crippen LogP contribution in [0.15, 0.2) is 42.5 Å². The molecule has 1 saturated heterocycles. The molecule has 160 valence electrons. The fourth-order valence-corrected chi connectivity index (χ4v) is 3.38. The Bertz CT molecular complexity index is 927. The molecule has 2 aromatic carbocycles. The Morgan fingerprint density at radius 3 is 2.23 bits per heavy atom. The summed E-state index contributed by atoms with van der Waals surface area (Å²) in [4.78, 5) is 28.0. The lowest BCUT2D eigenvalue weighted by Gasteiger charge is -2.34. The van der Waals surface area contributed by atoms with Gasteiger partial charge in [-0.1, -0.05) is 17.7 Å². The maximum atomic E-state index is 13.1. The number of benzene rings is 2. The number of carbonyl (C=O) groups is 2. The van der Waals surface area contributed by atoms with Crippen molar-refractivity contribution >= 4 is 29.1 Å². The zero-order valence-corrected chi connectivity index (χ0v) is 16.4. The quantitative estimate of drug-likeness (QED) is 0.729. The summed E-state index contributed by atoms with van der Waals surface area (Å²) in [7, 11) is 0. The van der Waals surface area contributed by atoms with E-state index in [4.69, 9.17) is 11.6 Å². The number of hydrogen-bond acceptors (Lipinski definition) is 3. The number of anilines is 1. The molecule has 2 aromatic rings. The highest BCUT2D eigenvalue weighted by Crippen LogP contribution is 2.38. The van der Waals surface area contributed by atoms with Crippen LogP contribution < -0.4 is 5.32 Å². The van der Waals surface area contributed by atoms with Crippen LogP contribution in [0.3, 0.4) is 0 Å². The smallest absolute Gasteiger partial charge is 0.336 e. The number of para-hydroxylation sites is 1. The summed E-state index contributed by atoms with van der Waals surface area (Å²) in [6, 6.07) is 8.50. The number of nitrogens with one attached hydrogen (secondary N) is 1. The molecule has 3 rings (SSSR count). The van der Waals surface area contributed by atoms with E-state index in [-0.39, 0.29) is 17.5 Å². The molecule has 1 fully saturated rings. The van der Waals surface area contributed by atoms with Gasteiger partial charge in [0.1, 0.15) is 5.82 Å². The van der Waals surface area contributed by atoms with E-state index < -0.39 is 29.2 Å². The summed E-state index contributed by atoms with van der Waals surface area (Å²) >= 11 is 5.85. The number of carbonyl (C=O) groups excluding carboxylic acids is 2. The van der Waals surface area contributed by atoms with Crippen molar-refractivity contribution in [3.05, 3.63) is 64.4 Å². The van der Waals surface area contributed by atoms with Crippen LogP contribution in [-0.2, 0) is 11.0 Å². The topological polar surface area (TPSA) is 52.7 Å². The van der Waals surface area contributed by atoms with Crippen molar-refractivity contribution in [3.63, 3.8) is 0 Å². The van der Waals surface area contributed by atoms with E-state index in [0.29, 0.717) is 31.7 Å². The first-order valence-corrected chi connectivity index (χ1v) is 9.45. The van der Waals surface area contributed by atoms with Gasteiger partial charge in [0.2, 0.25) is 5.91 Å². The van der Waals surface area contributed by atoms with Gasteiger partial charge in [-0.05, 0) is 36.4 Å². The zero-order chi connectivity index (χ0) is 21.9. The molecule has 0 unspecified atom stereocenters. The maximum Gasteiger partial charge on any atom is 0.418 e. The molecule has 0 aliphatic carbocycles. The van der Waals surface area contributed by atoms with E-state index in [1.165, 1.54) is 30.3 Å². The van der Waals surface area contributed by atoms with Crippen LogP contribution in [0.5, 0.6) is 0 Å². The second kappa shape index (κ2) is 9.01. The fourth-order valence-electron chi connectivity index (χ4n) is 3.15. The van der Waals surface area contributed by atoms with E-state index in [1.54, 1.807) is 9.80 Å². The van der Waals surface area contributed by atoms with E-state index in [1.807, 2.05) is 0 Å². The van der Waals surface area contributed by atoms with Crippen molar-refractivity contribution in [1.82, 2.24) is 9.80 Å². The van der Waals surface area contributed by atoms with Crippen LogP contribution in [0.1, 0.15) is 15.9 Å². The minimum absolute atomic E-state index is 0.138. The normalized spacial score (nSPS) is 15.2. The number of hydrogen-bond donors (Lipinski definition) is 1. The third-order valence-electron chi connectivity index (χ3n) is 4.70. The monoisotopic (exact) mass is 443 g/mol. The predicted molar refractivity (Wildman–Crippen MR) is 104 cm³/mol. The summed E-state index contributed by atoms with van der Waals surface area (Å²) in [5, 5.41) is 2.05. The molecule has 1 aliphatic heterocycles. The average molecular weight is 444 g/mol. The second-order valence-electron chi connectivity index (χ2n) is 6.78. The van der Waals surface area contributed by atoms with Crippen LogP contribution in [0.25, 0.3) is 0 Å². The lowest BCUT2D eigenvalue weighted by atomic mass is 10.1. The molecule has 1 heterocycles. The Labute approximate surface area is 175 Å². The summed E-state index contributed by atoms with van der Waals surface area (Å²) in [6.45, 7) is 1.28. The van der Waals surface area contributed by atoms with Gasteiger partial charge in [-0.25, -0.2) is 4.39 Å². The first kappa shape index (κ1) is 22.0. The Morgan fingerprint density at radius 1 is 1.00 bits per heavy atom. The average Bonchev–Trinajstić information content (AvgIpc) is 2.69. The van der Waals surface area contributed by atoms with E-state index in [2.05, 4.69) is 5.32 Å².